The lowest BCUT2D eigenvalue weighted by atomic mass is 9.95. The van der Waals surface area contributed by atoms with Gasteiger partial charge in [0.1, 0.15) is 5.75 Å². The lowest BCUT2D eigenvalue weighted by molar-refractivity contribution is 0.405. The molecule has 0 unspecified atom stereocenters. The number of benzene rings is 2. The molecule has 21 heavy (non-hydrogen) atoms. The van der Waals surface area contributed by atoms with E-state index in [-0.39, 0.29) is 0 Å². The number of hydrogen-bond donors (Lipinski definition) is 3. The lowest BCUT2D eigenvalue weighted by Gasteiger charge is -2.11. The zero-order valence-corrected chi connectivity index (χ0v) is 12.8. The highest BCUT2D eigenvalue weighted by Gasteiger charge is 2.09. The van der Waals surface area contributed by atoms with Crippen LogP contribution in [0.15, 0.2) is 48.5 Å². The lowest BCUT2D eigenvalue weighted by Crippen LogP contribution is -1.90. The Hall–Kier alpha value is -1.74. The number of rotatable bonds is 4. The summed E-state index contributed by atoms with van der Waals surface area (Å²) in [6, 6.07) is 15.9. The number of unbranched alkanes of at least 4 members (excludes halogenated alkanes) is 1. The van der Waals surface area contributed by atoms with Crippen LogP contribution in [0.2, 0.25) is 0 Å². The molecule has 0 bridgehead atoms. The summed E-state index contributed by atoms with van der Waals surface area (Å²) < 4.78 is 8.70. The first kappa shape index (κ1) is 17.3. The van der Waals surface area contributed by atoms with Gasteiger partial charge in [-0.05, 0) is 30.0 Å². The predicted octanol–water partition coefficient (Wildman–Crippen LogP) is 4.03. The molecule has 0 amide bonds. The molecule has 0 aliphatic carbocycles. The molecule has 0 spiro atoms. The largest absolute Gasteiger partial charge is 0.692 e. The Balaban J connectivity index is 0.000000491. The van der Waals surface area contributed by atoms with E-state index in [0.717, 1.165) is 24.0 Å². The van der Waals surface area contributed by atoms with Crippen molar-refractivity contribution in [1.29, 1.82) is 0 Å². The van der Waals surface area contributed by atoms with E-state index in [1.54, 1.807) is 6.07 Å². The van der Waals surface area contributed by atoms with Crippen molar-refractivity contribution >= 4 is 8.25 Å². The third-order valence-corrected chi connectivity index (χ3v) is 2.99. The Morgan fingerprint density at radius 2 is 1.62 bits per heavy atom. The molecular weight excluding hydrogens is 287 g/mol. The molecule has 0 saturated carbocycles. The van der Waals surface area contributed by atoms with Gasteiger partial charge in [-0.1, -0.05) is 55.8 Å². The maximum Gasteiger partial charge on any atom is 0.692 e. The van der Waals surface area contributed by atoms with Gasteiger partial charge in [-0.25, -0.2) is 0 Å². The molecule has 0 aliphatic heterocycles. The molecule has 2 rings (SSSR count). The Kier molecular flexibility index (Phi) is 7.62. The summed E-state index contributed by atoms with van der Waals surface area (Å²) in [5, 5.41) is 10.0. The molecule has 0 saturated heterocycles. The smallest absolute Gasteiger partial charge is 0.507 e. The average Bonchev–Trinajstić information content (AvgIpc) is 2.45. The summed E-state index contributed by atoms with van der Waals surface area (Å²) in [6.45, 7) is 2.19. The monoisotopic (exact) mass is 307 g/mol. The second-order valence-corrected chi connectivity index (χ2v) is 5.04. The van der Waals surface area contributed by atoms with Crippen molar-refractivity contribution in [3.05, 3.63) is 54.1 Å². The number of hydrogen-bond acceptors (Lipinski definition) is 2. The van der Waals surface area contributed by atoms with Gasteiger partial charge >= 0.3 is 8.25 Å². The Morgan fingerprint density at radius 1 is 1.00 bits per heavy atom. The maximum absolute atomic E-state index is 10.0. The van der Waals surface area contributed by atoms with Crippen molar-refractivity contribution in [2.45, 2.75) is 26.2 Å². The van der Waals surface area contributed by atoms with Gasteiger partial charge in [0.2, 0.25) is 0 Å². The van der Waals surface area contributed by atoms with Crippen LogP contribution in [0, 0.1) is 0 Å². The number of phenolic OH excluding ortho intramolecular Hbond substituents is 1. The van der Waals surface area contributed by atoms with E-state index in [4.69, 9.17) is 14.4 Å². The van der Waals surface area contributed by atoms with E-state index in [9.17, 15) is 5.11 Å². The van der Waals surface area contributed by atoms with Crippen LogP contribution in [0.5, 0.6) is 5.75 Å². The van der Waals surface area contributed by atoms with Gasteiger partial charge in [0.25, 0.3) is 0 Å². The van der Waals surface area contributed by atoms with Crippen LogP contribution in [0.3, 0.4) is 0 Å². The number of aryl methyl sites for hydroxylation is 1. The van der Waals surface area contributed by atoms with Crippen molar-refractivity contribution in [3.8, 4) is 16.9 Å². The molecule has 0 heterocycles. The van der Waals surface area contributed by atoms with Gasteiger partial charge in [-0.15, -0.1) is 9.79 Å². The van der Waals surface area contributed by atoms with Gasteiger partial charge in [-0.3, -0.25) is 0 Å². The highest BCUT2D eigenvalue weighted by atomic mass is 31.1. The second kappa shape index (κ2) is 9.24. The number of aromatic hydroxyl groups is 1. The van der Waals surface area contributed by atoms with Crippen molar-refractivity contribution in [1.82, 2.24) is 0 Å². The summed E-state index contributed by atoms with van der Waals surface area (Å²) in [5.41, 5.74) is 3.32. The van der Waals surface area contributed by atoms with Crippen molar-refractivity contribution in [2.75, 3.05) is 0 Å². The minimum absolute atomic E-state index is 0.379. The first-order chi connectivity index (χ1) is 10.1. The third kappa shape index (κ3) is 6.05. The normalized spacial score (nSPS) is 9.67. The quantitative estimate of drug-likeness (QED) is 0.745. The van der Waals surface area contributed by atoms with E-state index >= 15 is 0 Å². The van der Waals surface area contributed by atoms with Crippen LogP contribution in [-0.2, 0) is 11.0 Å². The third-order valence-electron chi connectivity index (χ3n) is 2.99. The zero-order chi connectivity index (χ0) is 15.7. The van der Waals surface area contributed by atoms with Crippen LogP contribution < -0.4 is 0 Å². The van der Waals surface area contributed by atoms with E-state index in [0.29, 0.717) is 5.75 Å². The van der Waals surface area contributed by atoms with Gasteiger partial charge < -0.3 is 5.11 Å². The van der Waals surface area contributed by atoms with Crippen LogP contribution >= 0.6 is 8.25 Å². The van der Waals surface area contributed by atoms with Crippen LogP contribution in [0.25, 0.3) is 11.1 Å². The van der Waals surface area contributed by atoms with Crippen LogP contribution in [-0.4, -0.2) is 14.9 Å². The van der Waals surface area contributed by atoms with Crippen LogP contribution in [0.1, 0.15) is 25.3 Å². The van der Waals surface area contributed by atoms with Crippen molar-refractivity contribution in [3.63, 3.8) is 0 Å². The standard InChI is InChI=1S/C16H18O.HO3P/c1-2-3-8-13-11-7-12-15(17)16(13)14-9-5-4-6-10-14;1-4(2)3/h4-7,9-12,17H,2-3,8H2,1H3;(H-,1,2,3)/p+1. The Morgan fingerprint density at radius 3 is 2.19 bits per heavy atom. The fraction of sp³-hybridized carbons (Fsp3) is 0.250. The minimum Gasteiger partial charge on any atom is -0.507 e. The molecule has 4 nitrogen and oxygen atoms in total. The minimum atomic E-state index is -2.87. The first-order valence-corrected chi connectivity index (χ1v) is 7.94. The molecule has 2 aromatic carbocycles. The Labute approximate surface area is 125 Å². The fourth-order valence-electron chi connectivity index (χ4n) is 2.10. The number of phenols is 1. The molecule has 0 radical (unpaired) electrons. The van der Waals surface area contributed by atoms with E-state index in [2.05, 4.69) is 13.0 Å². The maximum atomic E-state index is 10.0. The zero-order valence-electron chi connectivity index (χ0n) is 11.9. The topological polar surface area (TPSA) is 77.8 Å². The molecule has 0 fully saturated rings. The van der Waals surface area contributed by atoms with Gasteiger partial charge in [0, 0.05) is 10.1 Å². The summed E-state index contributed by atoms with van der Waals surface area (Å²) in [6.07, 6.45) is 3.35. The van der Waals surface area contributed by atoms with Crippen molar-refractivity contribution in [2.24, 2.45) is 0 Å². The molecule has 5 heteroatoms. The SMILES string of the molecule is CCCCc1cccc(O)c1-c1ccccc1.O=[P+](O)O. The van der Waals surface area contributed by atoms with Gasteiger partial charge in [0.15, 0.2) is 0 Å². The summed E-state index contributed by atoms with van der Waals surface area (Å²) in [4.78, 5) is 14.2. The molecule has 0 atom stereocenters. The first-order valence-electron chi connectivity index (χ1n) is 6.77. The van der Waals surface area contributed by atoms with Gasteiger partial charge in [0.05, 0.1) is 0 Å². The molecule has 112 valence electrons. The Bertz CT molecular complexity index is 566. The predicted molar refractivity (Wildman–Crippen MR) is 84.2 cm³/mol. The summed E-state index contributed by atoms with van der Waals surface area (Å²) in [7, 11) is -2.87. The van der Waals surface area contributed by atoms with Crippen LogP contribution in [0.4, 0.5) is 0 Å². The summed E-state index contributed by atoms with van der Waals surface area (Å²) in [5.74, 6) is 0.379. The molecule has 0 aromatic heterocycles. The van der Waals surface area contributed by atoms with E-state index in [1.165, 1.54) is 12.0 Å². The highest BCUT2D eigenvalue weighted by Crippen LogP contribution is 2.33. The fourth-order valence-corrected chi connectivity index (χ4v) is 2.10. The van der Waals surface area contributed by atoms with E-state index < -0.39 is 8.25 Å². The second-order valence-electron chi connectivity index (χ2n) is 4.53. The van der Waals surface area contributed by atoms with Crippen molar-refractivity contribution < 1.29 is 19.5 Å². The molecule has 3 N–H and O–H groups in total. The molecule has 2 aromatic rings. The average molecular weight is 307 g/mol. The van der Waals surface area contributed by atoms with Gasteiger partial charge in [-0.2, -0.15) is 0 Å². The summed E-state index contributed by atoms with van der Waals surface area (Å²) >= 11 is 0. The van der Waals surface area contributed by atoms with E-state index in [1.807, 2.05) is 36.4 Å². The molecule has 0 aliphatic rings. The highest BCUT2D eigenvalue weighted by molar-refractivity contribution is 7.30. The molecular formula is C16H20O4P+.